The standard InChI is InChI=1S/3CH2O3.2O.U/c3*2-1(3)4;;;/h3*(H2,2,3,4);;;/q;;;2*-2;/p-6. The van der Waals surface area contributed by atoms with E-state index >= 15 is 0 Å². The molecule has 0 aromatic carbocycles. The van der Waals surface area contributed by atoms with Gasteiger partial charge in [0.1, 0.15) is 0 Å². The van der Waals surface area contributed by atoms with E-state index in [0.717, 1.165) is 0 Å². The van der Waals surface area contributed by atoms with Crippen molar-refractivity contribution < 1.29 is 87.1 Å². The van der Waals surface area contributed by atoms with Crippen LogP contribution < -0.4 is 30.6 Å². The number of rotatable bonds is 0. The van der Waals surface area contributed by atoms with Gasteiger partial charge in [0.2, 0.25) is 0 Å². The fraction of sp³-hybridized carbons (Fsp3) is 0. The van der Waals surface area contributed by atoms with Crippen LogP contribution in [0.1, 0.15) is 0 Å². The minimum atomic E-state index is -2.33. The Bertz CT molecular complexity index is 113. The summed E-state index contributed by atoms with van der Waals surface area (Å²) in [5.41, 5.74) is 0. The number of carbonyl (C=O) groups is 3. The molecule has 0 aromatic rings. The second-order valence-electron chi connectivity index (χ2n) is 0.750. The number of carboxylic acid groups (broad SMARTS) is 6. The molecule has 0 aliphatic carbocycles. The summed E-state index contributed by atoms with van der Waals surface area (Å²) in [6.07, 6.45) is -7.00. The smallest absolute Gasteiger partial charge is 0 e. The van der Waals surface area contributed by atoms with Crippen molar-refractivity contribution >= 4 is 18.5 Å². The van der Waals surface area contributed by atoms with Gasteiger partial charge < -0.3 is 56.0 Å². The Hall–Kier alpha value is -1.22. The molecule has 92 valence electrons. The Balaban J connectivity index is -0.0000000184. The molecule has 0 N–H and O–H groups in total. The van der Waals surface area contributed by atoms with Gasteiger partial charge in [0, 0.05) is 31.1 Å². The van der Waals surface area contributed by atoms with E-state index in [0.29, 0.717) is 0 Å². The second-order valence-corrected chi connectivity index (χ2v) is 0.750. The van der Waals surface area contributed by atoms with Crippen molar-refractivity contribution in [3.63, 3.8) is 0 Å². The van der Waals surface area contributed by atoms with E-state index in [9.17, 15) is 0 Å². The molecule has 0 bridgehead atoms. The summed E-state index contributed by atoms with van der Waals surface area (Å²) in [5, 5.41) is 50.0. The van der Waals surface area contributed by atoms with Gasteiger partial charge in [-0.2, -0.15) is 0 Å². The molecule has 0 amide bonds. The molecule has 0 spiro atoms. The predicted octanol–water partition coefficient (Wildman–Crippen LogP) is -7.58. The molecule has 0 rings (SSSR count). The van der Waals surface area contributed by atoms with Crippen LogP contribution in [0.3, 0.4) is 0 Å². The molecule has 0 radical (unpaired) electrons. The van der Waals surface area contributed by atoms with Gasteiger partial charge in [-0.15, -0.1) is 0 Å². The molecular formula is C3O11U-10. The molecule has 0 saturated heterocycles. The van der Waals surface area contributed by atoms with Crippen molar-refractivity contribution in [2.75, 3.05) is 0 Å². The fourth-order valence-electron chi connectivity index (χ4n) is 0. The molecule has 0 aliphatic heterocycles. The Kier molecular flexibility index (Phi) is 72.6. The summed E-state index contributed by atoms with van der Waals surface area (Å²) in [6, 6.07) is 0. The summed E-state index contributed by atoms with van der Waals surface area (Å²) < 4.78 is 0. The van der Waals surface area contributed by atoms with E-state index in [-0.39, 0.29) is 42.1 Å². The number of carbonyl (C=O) groups excluding carboxylic acids is 3. The summed E-state index contributed by atoms with van der Waals surface area (Å²) in [5.74, 6) is 0. The molecule has 0 saturated carbocycles. The first-order valence-electron chi connectivity index (χ1n) is 1.84. The normalized spacial score (nSPS) is 4.80. The molecule has 11 nitrogen and oxygen atoms in total. The molecule has 0 aliphatic rings. The predicted molar refractivity (Wildman–Crippen MR) is 17.6 cm³/mol. The van der Waals surface area contributed by atoms with Crippen LogP contribution in [0.5, 0.6) is 0 Å². The Labute approximate surface area is 106 Å². The molecular weight excluding hydrogens is 450 g/mol. The third kappa shape index (κ3) is 1000. The SMILES string of the molecule is O=C([O-])[O-].O=C([O-])[O-].O=C([O-])[O-].[O-2].[O-2].[U]. The van der Waals surface area contributed by atoms with E-state index in [1.54, 1.807) is 0 Å². The maximum atomic E-state index is 8.33. The van der Waals surface area contributed by atoms with Gasteiger partial charge in [0.05, 0.1) is 0 Å². The quantitative estimate of drug-likeness (QED) is 0.339. The number of hydrogen-bond acceptors (Lipinski definition) is 9. The van der Waals surface area contributed by atoms with Gasteiger partial charge >= 0.3 is 0 Å². The van der Waals surface area contributed by atoms with Crippen molar-refractivity contribution in [1.29, 1.82) is 0 Å². The topological polar surface area (TPSA) is 247 Å². The molecule has 0 fully saturated rings. The molecule has 0 atom stereocenters. The maximum absolute atomic E-state index is 8.33. The van der Waals surface area contributed by atoms with Crippen LogP contribution in [0.15, 0.2) is 0 Å². The van der Waals surface area contributed by atoms with E-state index < -0.39 is 18.5 Å². The second kappa shape index (κ2) is 29.3. The van der Waals surface area contributed by atoms with Gasteiger partial charge in [-0.1, -0.05) is 0 Å². The average Bonchev–Trinajstić information content (AvgIpc) is 1.54. The summed E-state index contributed by atoms with van der Waals surface area (Å²) >= 11 is 0. The van der Waals surface area contributed by atoms with Crippen molar-refractivity contribution in [1.82, 2.24) is 0 Å². The van der Waals surface area contributed by atoms with Crippen molar-refractivity contribution in [2.45, 2.75) is 0 Å². The van der Waals surface area contributed by atoms with E-state index in [1.165, 1.54) is 0 Å². The third-order valence-corrected chi connectivity index (χ3v) is 0. The third-order valence-electron chi connectivity index (χ3n) is 0. The first-order chi connectivity index (χ1) is 5.20. The van der Waals surface area contributed by atoms with Gasteiger partial charge in [-0.05, 0) is 18.5 Å². The van der Waals surface area contributed by atoms with Gasteiger partial charge in [0.25, 0.3) is 0 Å². The maximum Gasteiger partial charge on any atom is 0 e. The van der Waals surface area contributed by atoms with Crippen LogP contribution in [-0.4, -0.2) is 18.5 Å². The van der Waals surface area contributed by atoms with Gasteiger partial charge in [-0.3, -0.25) is 0 Å². The summed E-state index contributed by atoms with van der Waals surface area (Å²) in [7, 11) is 0. The van der Waals surface area contributed by atoms with Crippen molar-refractivity contribution in [3.8, 4) is 0 Å². The largest absolute Gasteiger partial charge is 2.00 e. The Morgan fingerprint density at radius 2 is 0.533 bits per heavy atom. The van der Waals surface area contributed by atoms with Crippen LogP contribution in [0.2, 0.25) is 0 Å². The Morgan fingerprint density at radius 3 is 0.533 bits per heavy atom. The van der Waals surface area contributed by atoms with E-state index in [1.807, 2.05) is 0 Å². The molecule has 12 heteroatoms. The van der Waals surface area contributed by atoms with Gasteiger partial charge in [-0.25, -0.2) is 0 Å². The zero-order chi connectivity index (χ0) is 10.7. The molecule has 0 heterocycles. The van der Waals surface area contributed by atoms with E-state index in [2.05, 4.69) is 0 Å². The zero-order valence-corrected chi connectivity index (χ0v) is 10.7. The van der Waals surface area contributed by atoms with Crippen LogP contribution in [-0.2, 0) is 11.0 Å². The van der Waals surface area contributed by atoms with Crippen LogP contribution in [0, 0.1) is 31.1 Å². The van der Waals surface area contributed by atoms with Crippen LogP contribution in [0.4, 0.5) is 14.4 Å². The molecule has 0 aromatic heterocycles. The summed E-state index contributed by atoms with van der Waals surface area (Å²) in [4.78, 5) is 25.0. The summed E-state index contributed by atoms with van der Waals surface area (Å²) in [6.45, 7) is 0. The minimum absolute atomic E-state index is 0. The van der Waals surface area contributed by atoms with Crippen molar-refractivity contribution in [3.05, 3.63) is 0 Å². The van der Waals surface area contributed by atoms with Crippen molar-refractivity contribution in [2.24, 2.45) is 0 Å². The Morgan fingerprint density at radius 1 is 0.533 bits per heavy atom. The minimum Gasteiger partial charge on any atom is -2.00 e. The van der Waals surface area contributed by atoms with E-state index in [4.69, 9.17) is 45.0 Å². The average molecular weight is 450 g/mol. The monoisotopic (exact) mass is 450 g/mol. The van der Waals surface area contributed by atoms with Crippen LogP contribution >= 0.6 is 0 Å². The van der Waals surface area contributed by atoms with Crippen LogP contribution in [0.25, 0.3) is 0 Å². The first-order valence-corrected chi connectivity index (χ1v) is 1.84. The number of hydrogen-bond donors (Lipinski definition) is 0. The van der Waals surface area contributed by atoms with Gasteiger partial charge in [0.15, 0.2) is 0 Å². The fourth-order valence-corrected chi connectivity index (χ4v) is 0. The first kappa shape index (κ1) is 37.2. The molecule has 0 unspecified atom stereocenters. The molecule has 15 heavy (non-hydrogen) atoms. The zero-order valence-electron chi connectivity index (χ0n) is 6.49.